The van der Waals surface area contributed by atoms with Crippen molar-refractivity contribution < 1.29 is 0 Å². The normalized spacial score (nSPS) is 23.2. The number of aryl methyl sites for hydroxylation is 1. The molecular formula is C13H23N3. The van der Waals surface area contributed by atoms with Crippen molar-refractivity contribution in [3.63, 3.8) is 0 Å². The molecule has 1 aliphatic rings. The van der Waals surface area contributed by atoms with Crippen molar-refractivity contribution in [2.45, 2.75) is 45.6 Å². The van der Waals surface area contributed by atoms with Crippen LogP contribution in [0.1, 0.15) is 51.1 Å². The molecule has 1 aromatic heterocycles. The molecule has 2 rings (SSSR count). The Morgan fingerprint density at radius 3 is 2.56 bits per heavy atom. The van der Waals surface area contributed by atoms with Crippen LogP contribution in [-0.4, -0.2) is 9.78 Å². The summed E-state index contributed by atoms with van der Waals surface area (Å²) in [4.78, 5) is 0. The number of hydrogen-bond acceptors (Lipinski definition) is 2. The predicted molar refractivity (Wildman–Crippen MR) is 65.9 cm³/mol. The summed E-state index contributed by atoms with van der Waals surface area (Å²) in [5.74, 6) is 0.636. The summed E-state index contributed by atoms with van der Waals surface area (Å²) >= 11 is 0. The molecule has 1 fully saturated rings. The van der Waals surface area contributed by atoms with E-state index in [0.717, 1.165) is 0 Å². The van der Waals surface area contributed by atoms with Gasteiger partial charge < -0.3 is 5.73 Å². The van der Waals surface area contributed by atoms with Gasteiger partial charge in [-0.3, -0.25) is 4.68 Å². The van der Waals surface area contributed by atoms with Gasteiger partial charge in [-0.25, -0.2) is 0 Å². The van der Waals surface area contributed by atoms with Crippen LogP contribution >= 0.6 is 0 Å². The van der Waals surface area contributed by atoms with Crippen molar-refractivity contribution in [3.8, 4) is 0 Å². The first-order valence-electron chi connectivity index (χ1n) is 6.22. The first-order chi connectivity index (χ1) is 7.48. The molecule has 3 heteroatoms. The zero-order valence-corrected chi connectivity index (χ0v) is 10.6. The summed E-state index contributed by atoms with van der Waals surface area (Å²) in [5.41, 5.74) is 8.02. The van der Waals surface area contributed by atoms with Gasteiger partial charge in [0.1, 0.15) is 0 Å². The van der Waals surface area contributed by atoms with Gasteiger partial charge in [0.15, 0.2) is 0 Å². The average molecular weight is 221 g/mol. The molecule has 1 aliphatic carbocycles. The fourth-order valence-electron chi connectivity index (χ4n) is 2.67. The quantitative estimate of drug-likeness (QED) is 0.834. The van der Waals surface area contributed by atoms with Crippen molar-refractivity contribution in [2.24, 2.45) is 24.1 Å². The summed E-state index contributed by atoms with van der Waals surface area (Å²) in [6, 6.07) is 0.171. The Kier molecular flexibility index (Phi) is 3.06. The summed E-state index contributed by atoms with van der Waals surface area (Å²) in [6.45, 7) is 4.72. The van der Waals surface area contributed by atoms with Crippen LogP contribution < -0.4 is 5.73 Å². The van der Waals surface area contributed by atoms with Crippen molar-refractivity contribution in [3.05, 3.63) is 18.0 Å². The third-order valence-corrected chi connectivity index (χ3v) is 4.00. The van der Waals surface area contributed by atoms with Crippen LogP contribution in [0, 0.1) is 11.3 Å². The van der Waals surface area contributed by atoms with E-state index in [4.69, 9.17) is 5.73 Å². The fraction of sp³-hybridized carbons (Fsp3) is 0.769. The highest BCUT2D eigenvalue weighted by Gasteiger charge is 2.30. The molecule has 90 valence electrons. The summed E-state index contributed by atoms with van der Waals surface area (Å²) < 4.78 is 1.84. The number of rotatable bonds is 2. The Morgan fingerprint density at radius 1 is 1.44 bits per heavy atom. The topological polar surface area (TPSA) is 43.8 Å². The van der Waals surface area contributed by atoms with Crippen LogP contribution in [0.15, 0.2) is 12.4 Å². The molecule has 0 aliphatic heterocycles. The van der Waals surface area contributed by atoms with Crippen molar-refractivity contribution in [1.29, 1.82) is 0 Å². The SMILES string of the molecule is Cn1cc(C(N)C2CCC(C)(C)CC2)cn1. The average Bonchev–Trinajstić information content (AvgIpc) is 2.64. The molecule has 0 spiro atoms. The van der Waals surface area contributed by atoms with Crippen molar-refractivity contribution >= 4 is 0 Å². The van der Waals surface area contributed by atoms with Gasteiger partial charge >= 0.3 is 0 Å². The summed E-state index contributed by atoms with van der Waals surface area (Å²) in [5, 5.41) is 4.20. The number of aromatic nitrogens is 2. The van der Waals surface area contributed by atoms with E-state index < -0.39 is 0 Å². The second kappa shape index (κ2) is 4.21. The number of nitrogens with zero attached hydrogens (tertiary/aromatic N) is 2. The molecule has 1 unspecified atom stereocenters. The lowest BCUT2D eigenvalue weighted by Gasteiger charge is -2.36. The second-order valence-electron chi connectivity index (χ2n) is 5.97. The molecule has 0 bridgehead atoms. The van der Waals surface area contributed by atoms with Gasteiger partial charge in [-0.05, 0) is 37.0 Å². The highest BCUT2D eigenvalue weighted by molar-refractivity contribution is 5.11. The van der Waals surface area contributed by atoms with E-state index in [2.05, 4.69) is 18.9 Å². The van der Waals surface area contributed by atoms with E-state index in [1.165, 1.54) is 31.2 Å². The molecular weight excluding hydrogens is 198 g/mol. The molecule has 3 nitrogen and oxygen atoms in total. The van der Waals surface area contributed by atoms with Crippen LogP contribution in [0.4, 0.5) is 0 Å². The summed E-state index contributed by atoms with van der Waals surface area (Å²) in [6.07, 6.45) is 9.05. The molecule has 0 radical (unpaired) electrons. The maximum absolute atomic E-state index is 6.32. The molecule has 2 N–H and O–H groups in total. The Morgan fingerprint density at radius 2 is 2.06 bits per heavy atom. The van der Waals surface area contributed by atoms with E-state index in [9.17, 15) is 0 Å². The van der Waals surface area contributed by atoms with Gasteiger partial charge in [-0.2, -0.15) is 5.10 Å². The molecule has 0 amide bonds. The Bertz CT molecular complexity index is 344. The largest absolute Gasteiger partial charge is 0.324 e. The van der Waals surface area contributed by atoms with Gasteiger partial charge in [0, 0.05) is 24.8 Å². The molecule has 1 atom stereocenters. The van der Waals surface area contributed by atoms with Crippen LogP contribution in [0.25, 0.3) is 0 Å². The van der Waals surface area contributed by atoms with E-state index in [1.54, 1.807) is 0 Å². The lowest BCUT2D eigenvalue weighted by Crippen LogP contribution is -2.28. The minimum Gasteiger partial charge on any atom is -0.324 e. The van der Waals surface area contributed by atoms with Gasteiger partial charge in [-0.1, -0.05) is 13.8 Å². The predicted octanol–water partition coefficient (Wildman–Crippen LogP) is 2.64. The highest BCUT2D eigenvalue weighted by Crippen LogP contribution is 2.41. The Hall–Kier alpha value is -0.830. The molecule has 0 saturated heterocycles. The maximum atomic E-state index is 6.32. The monoisotopic (exact) mass is 221 g/mol. The minimum atomic E-state index is 0.171. The van der Waals surface area contributed by atoms with Crippen LogP contribution in [0.2, 0.25) is 0 Å². The van der Waals surface area contributed by atoms with Crippen molar-refractivity contribution in [2.75, 3.05) is 0 Å². The van der Waals surface area contributed by atoms with E-state index in [1.807, 2.05) is 24.1 Å². The van der Waals surface area contributed by atoms with E-state index in [-0.39, 0.29) is 6.04 Å². The van der Waals surface area contributed by atoms with E-state index >= 15 is 0 Å². The molecule has 0 aromatic carbocycles. The van der Waals surface area contributed by atoms with Crippen LogP contribution in [0.3, 0.4) is 0 Å². The first-order valence-corrected chi connectivity index (χ1v) is 6.22. The van der Waals surface area contributed by atoms with Crippen molar-refractivity contribution in [1.82, 2.24) is 9.78 Å². The zero-order chi connectivity index (χ0) is 11.8. The Balaban J connectivity index is 1.99. The van der Waals surface area contributed by atoms with Gasteiger partial charge in [-0.15, -0.1) is 0 Å². The van der Waals surface area contributed by atoms with E-state index in [0.29, 0.717) is 11.3 Å². The number of nitrogens with two attached hydrogens (primary N) is 1. The maximum Gasteiger partial charge on any atom is 0.0537 e. The fourth-order valence-corrected chi connectivity index (χ4v) is 2.67. The van der Waals surface area contributed by atoms with Gasteiger partial charge in [0.25, 0.3) is 0 Å². The third kappa shape index (κ3) is 2.46. The van der Waals surface area contributed by atoms with Gasteiger partial charge in [0.05, 0.1) is 6.20 Å². The smallest absolute Gasteiger partial charge is 0.0537 e. The summed E-state index contributed by atoms with van der Waals surface area (Å²) in [7, 11) is 1.94. The van der Waals surface area contributed by atoms with Gasteiger partial charge in [0.2, 0.25) is 0 Å². The lowest BCUT2D eigenvalue weighted by atomic mass is 9.70. The lowest BCUT2D eigenvalue weighted by molar-refractivity contribution is 0.173. The standard InChI is InChI=1S/C13H23N3/c1-13(2)6-4-10(5-7-13)12(14)11-8-15-16(3)9-11/h8-10,12H,4-7,14H2,1-3H3. The van der Waals surface area contributed by atoms with Crippen LogP contribution in [0.5, 0.6) is 0 Å². The Labute approximate surface area is 98.0 Å². The third-order valence-electron chi connectivity index (χ3n) is 4.00. The number of hydrogen-bond donors (Lipinski definition) is 1. The molecule has 16 heavy (non-hydrogen) atoms. The molecule has 1 saturated carbocycles. The molecule has 1 heterocycles. The highest BCUT2D eigenvalue weighted by atomic mass is 15.2. The van der Waals surface area contributed by atoms with Crippen LogP contribution in [-0.2, 0) is 7.05 Å². The molecule has 1 aromatic rings. The first kappa shape index (κ1) is 11.6. The zero-order valence-electron chi connectivity index (χ0n) is 10.6. The minimum absolute atomic E-state index is 0.171. The second-order valence-corrected chi connectivity index (χ2v) is 5.97.